The molecular formula is C11H14N2O. The van der Waals surface area contributed by atoms with Gasteiger partial charge >= 0.3 is 0 Å². The van der Waals surface area contributed by atoms with Gasteiger partial charge in [-0.2, -0.15) is 0 Å². The third-order valence-electron chi connectivity index (χ3n) is 1.66. The van der Waals surface area contributed by atoms with E-state index in [0.717, 1.165) is 12.1 Å². The molecule has 0 aliphatic carbocycles. The van der Waals surface area contributed by atoms with Crippen molar-refractivity contribution in [1.82, 2.24) is 10.3 Å². The Kier molecular flexibility index (Phi) is 4.41. The first-order valence-corrected chi connectivity index (χ1v) is 4.61. The van der Waals surface area contributed by atoms with Crippen LogP contribution in [-0.2, 0) is 4.79 Å². The van der Waals surface area contributed by atoms with E-state index in [0.29, 0.717) is 6.54 Å². The number of aromatic nitrogens is 1. The number of nitrogens with one attached hydrogen (secondary N) is 1. The summed E-state index contributed by atoms with van der Waals surface area (Å²) in [4.78, 5) is 14.7. The Morgan fingerprint density at radius 1 is 1.57 bits per heavy atom. The van der Waals surface area contributed by atoms with Crippen molar-refractivity contribution in [2.75, 3.05) is 6.54 Å². The van der Waals surface area contributed by atoms with Gasteiger partial charge in [0.2, 0.25) is 5.91 Å². The first kappa shape index (κ1) is 10.4. The lowest BCUT2D eigenvalue weighted by Gasteiger charge is -1.96. The second-order valence-corrected chi connectivity index (χ2v) is 2.93. The number of carbonyl (C=O) groups excluding carboxylic acids is 1. The molecule has 0 fully saturated rings. The molecule has 0 aromatic carbocycles. The summed E-state index contributed by atoms with van der Waals surface area (Å²) in [5, 5.41) is 2.72. The van der Waals surface area contributed by atoms with Gasteiger partial charge in [0, 0.05) is 19.7 Å². The fourth-order valence-corrected chi connectivity index (χ4v) is 1.01. The minimum absolute atomic E-state index is 0.0104. The summed E-state index contributed by atoms with van der Waals surface area (Å²) < 4.78 is 0. The molecule has 1 N–H and O–H groups in total. The summed E-state index contributed by atoms with van der Waals surface area (Å²) in [5.74, 6) is 0.0104. The van der Waals surface area contributed by atoms with E-state index < -0.39 is 0 Å². The van der Waals surface area contributed by atoms with Crippen molar-refractivity contribution in [1.29, 1.82) is 0 Å². The Hall–Kier alpha value is -1.64. The van der Waals surface area contributed by atoms with Gasteiger partial charge in [0.05, 0.1) is 5.69 Å². The van der Waals surface area contributed by atoms with Crippen LogP contribution in [0.4, 0.5) is 0 Å². The monoisotopic (exact) mass is 190 g/mol. The maximum Gasteiger partial charge on any atom is 0.216 e. The Labute approximate surface area is 83.9 Å². The molecule has 1 rings (SSSR count). The molecule has 0 radical (unpaired) electrons. The van der Waals surface area contributed by atoms with Gasteiger partial charge in [-0.25, -0.2) is 0 Å². The van der Waals surface area contributed by atoms with Crippen LogP contribution < -0.4 is 5.32 Å². The molecule has 0 unspecified atom stereocenters. The third kappa shape index (κ3) is 4.40. The van der Waals surface area contributed by atoms with Gasteiger partial charge < -0.3 is 5.32 Å². The number of hydrogen-bond acceptors (Lipinski definition) is 2. The first-order chi connectivity index (χ1) is 6.79. The zero-order chi connectivity index (χ0) is 10.2. The fourth-order valence-electron chi connectivity index (χ4n) is 1.01. The van der Waals surface area contributed by atoms with E-state index in [1.165, 1.54) is 6.92 Å². The predicted octanol–water partition coefficient (Wildman–Crippen LogP) is 1.62. The van der Waals surface area contributed by atoms with Crippen LogP contribution >= 0.6 is 0 Å². The molecule has 1 aromatic rings. The normalized spacial score (nSPS) is 10.4. The van der Waals surface area contributed by atoms with Crippen molar-refractivity contribution in [2.24, 2.45) is 0 Å². The molecule has 3 nitrogen and oxygen atoms in total. The first-order valence-electron chi connectivity index (χ1n) is 4.61. The number of pyridine rings is 1. The lowest BCUT2D eigenvalue weighted by Crippen LogP contribution is -2.20. The average molecular weight is 190 g/mol. The van der Waals surface area contributed by atoms with Crippen molar-refractivity contribution >= 4 is 12.0 Å². The van der Waals surface area contributed by atoms with Crippen LogP contribution in [0.2, 0.25) is 0 Å². The lowest BCUT2D eigenvalue weighted by molar-refractivity contribution is -0.118. The van der Waals surface area contributed by atoms with Crippen molar-refractivity contribution in [3.05, 3.63) is 36.2 Å². The minimum Gasteiger partial charge on any atom is -0.356 e. The standard InChI is InChI=1S/C11H14N2O/c1-10(14)12-8-4-2-6-11-7-3-5-9-13-11/h2-3,5-7,9H,4,8H2,1H3,(H,12,14). The van der Waals surface area contributed by atoms with Crippen molar-refractivity contribution < 1.29 is 4.79 Å². The molecule has 0 spiro atoms. The number of nitrogens with zero attached hydrogens (tertiary/aromatic N) is 1. The Bertz CT molecular complexity index is 306. The molecule has 1 aromatic heterocycles. The van der Waals surface area contributed by atoms with Crippen LogP contribution in [0.15, 0.2) is 30.5 Å². The van der Waals surface area contributed by atoms with E-state index in [9.17, 15) is 4.79 Å². The summed E-state index contributed by atoms with van der Waals surface area (Å²) >= 11 is 0. The quantitative estimate of drug-likeness (QED) is 0.733. The highest BCUT2D eigenvalue weighted by molar-refractivity contribution is 5.72. The van der Waals surface area contributed by atoms with Crippen molar-refractivity contribution in [2.45, 2.75) is 13.3 Å². The topological polar surface area (TPSA) is 42.0 Å². The zero-order valence-corrected chi connectivity index (χ0v) is 8.23. The van der Waals surface area contributed by atoms with E-state index in [-0.39, 0.29) is 5.91 Å². The smallest absolute Gasteiger partial charge is 0.216 e. The van der Waals surface area contributed by atoms with Crippen molar-refractivity contribution in [3.8, 4) is 0 Å². The number of hydrogen-bond donors (Lipinski definition) is 1. The van der Waals surface area contributed by atoms with Gasteiger partial charge in [0.15, 0.2) is 0 Å². The SMILES string of the molecule is CC(=O)NCCC=Cc1ccccn1. The van der Waals surface area contributed by atoms with Crippen molar-refractivity contribution in [3.63, 3.8) is 0 Å². The molecular weight excluding hydrogens is 176 g/mol. The molecule has 0 bridgehead atoms. The number of carbonyl (C=O) groups is 1. The van der Waals surface area contributed by atoms with Gasteiger partial charge in [0.1, 0.15) is 0 Å². The summed E-state index contributed by atoms with van der Waals surface area (Å²) in [6.07, 6.45) is 6.53. The van der Waals surface area contributed by atoms with Crippen LogP contribution in [0.25, 0.3) is 6.08 Å². The van der Waals surface area contributed by atoms with E-state index >= 15 is 0 Å². The Balaban J connectivity index is 2.25. The molecule has 14 heavy (non-hydrogen) atoms. The predicted molar refractivity (Wildman–Crippen MR) is 56.6 cm³/mol. The second-order valence-electron chi connectivity index (χ2n) is 2.93. The van der Waals surface area contributed by atoms with Crippen LogP contribution in [0.5, 0.6) is 0 Å². The van der Waals surface area contributed by atoms with Crippen LogP contribution in [0.3, 0.4) is 0 Å². The van der Waals surface area contributed by atoms with Crippen LogP contribution in [0, 0.1) is 0 Å². The van der Waals surface area contributed by atoms with Crippen LogP contribution in [0.1, 0.15) is 19.0 Å². The lowest BCUT2D eigenvalue weighted by atomic mass is 10.3. The Morgan fingerprint density at radius 2 is 2.43 bits per heavy atom. The maximum absolute atomic E-state index is 10.5. The highest BCUT2D eigenvalue weighted by atomic mass is 16.1. The molecule has 3 heteroatoms. The van der Waals surface area contributed by atoms with E-state index in [1.807, 2.05) is 30.4 Å². The fraction of sp³-hybridized carbons (Fsp3) is 0.273. The highest BCUT2D eigenvalue weighted by Crippen LogP contribution is 1.96. The maximum atomic E-state index is 10.5. The van der Waals surface area contributed by atoms with E-state index in [1.54, 1.807) is 6.20 Å². The molecule has 0 atom stereocenters. The molecule has 0 aliphatic heterocycles. The molecule has 1 amide bonds. The molecule has 74 valence electrons. The van der Waals surface area contributed by atoms with Gasteiger partial charge in [-0.1, -0.05) is 12.1 Å². The number of rotatable bonds is 4. The highest BCUT2D eigenvalue weighted by Gasteiger charge is 1.87. The zero-order valence-electron chi connectivity index (χ0n) is 8.23. The second kappa shape index (κ2) is 5.91. The average Bonchev–Trinajstić information content (AvgIpc) is 2.18. The largest absolute Gasteiger partial charge is 0.356 e. The molecule has 0 saturated heterocycles. The van der Waals surface area contributed by atoms with E-state index in [4.69, 9.17) is 0 Å². The molecule has 1 heterocycles. The van der Waals surface area contributed by atoms with Gasteiger partial charge in [0.25, 0.3) is 0 Å². The van der Waals surface area contributed by atoms with Gasteiger partial charge in [-0.15, -0.1) is 0 Å². The van der Waals surface area contributed by atoms with Gasteiger partial charge in [-0.3, -0.25) is 9.78 Å². The summed E-state index contributed by atoms with van der Waals surface area (Å²) in [6, 6.07) is 5.77. The Morgan fingerprint density at radius 3 is 3.07 bits per heavy atom. The van der Waals surface area contributed by atoms with Gasteiger partial charge in [-0.05, 0) is 24.6 Å². The third-order valence-corrected chi connectivity index (χ3v) is 1.66. The van der Waals surface area contributed by atoms with E-state index in [2.05, 4.69) is 10.3 Å². The number of amides is 1. The summed E-state index contributed by atoms with van der Waals surface area (Å²) in [7, 11) is 0. The molecule has 0 aliphatic rings. The summed E-state index contributed by atoms with van der Waals surface area (Å²) in [6.45, 7) is 2.20. The summed E-state index contributed by atoms with van der Waals surface area (Å²) in [5.41, 5.74) is 0.940. The molecule has 0 saturated carbocycles. The van der Waals surface area contributed by atoms with Crippen LogP contribution in [-0.4, -0.2) is 17.4 Å². The minimum atomic E-state index is 0.0104.